The van der Waals surface area contributed by atoms with E-state index >= 15 is 0 Å². The first kappa shape index (κ1) is 15.7. The van der Waals surface area contributed by atoms with Gasteiger partial charge in [-0.05, 0) is 20.8 Å². The Bertz CT molecular complexity index is 57.4. The normalized spacial score (nSPS) is 4.88. The second-order valence-electron chi connectivity index (χ2n) is 1.14. The van der Waals surface area contributed by atoms with E-state index in [0.29, 0.717) is 0 Å². The number of hydrogen-bond acceptors (Lipinski definition) is 2. The fraction of sp³-hybridized carbons (Fsp3) is 0.600. The van der Waals surface area contributed by atoms with Crippen LogP contribution in [-0.2, 0) is 26.7 Å². The van der Waals surface area contributed by atoms with Crippen molar-refractivity contribution >= 4 is 12.1 Å². The Morgan fingerprint density at radius 2 is 1.38 bits per heavy atom. The predicted octanol–water partition coefficient (Wildman–Crippen LogP) is 0.798. The second kappa shape index (κ2) is 15.8. The average molecular weight is 158 g/mol. The van der Waals surface area contributed by atoms with Gasteiger partial charge in [-0.25, -0.2) is 0 Å². The van der Waals surface area contributed by atoms with Crippen molar-refractivity contribution < 1.29 is 26.7 Å². The van der Waals surface area contributed by atoms with Gasteiger partial charge in [-0.2, -0.15) is 0 Å². The first-order valence-corrected chi connectivity index (χ1v) is 2.02. The number of carbonyl (C=O) groups is 2. The fourth-order valence-electron chi connectivity index (χ4n) is 0. The summed E-state index contributed by atoms with van der Waals surface area (Å²) in [6.45, 7) is 4.50. The van der Waals surface area contributed by atoms with Gasteiger partial charge in [0.25, 0.3) is 0 Å². The Morgan fingerprint density at radius 1 is 1.38 bits per heavy atom. The average Bonchev–Trinajstić information content (AvgIpc) is 1.33. The molecule has 0 rings (SSSR count). The molecule has 0 aliphatic rings. The van der Waals surface area contributed by atoms with E-state index in [0.717, 1.165) is 6.29 Å². The van der Waals surface area contributed by atoms with Crippen molar-refractivity contribution in [1.29, 1.82) is 0 Å². The van der Waals surface area contributed by atoms with Crippen LogP contribution in [0.3, 0.4) is 0 Å². The molecule has 0 amide bonds. The van der Waals surface area contributed by atoms with Crippen LogP contribution in [0.25, 0.3) is 0 Å². The van der Waals surface area contributed by atoms with E-state index in [9.17, 15) is 4.79 Å². The smallest absolute Gasteiger partial charge is 0.126 e. The SMILES string of the molecule is CC(C)=O.CC=O.[Fe]. The van der Waals surface area contributed by atoms with Gasteiger partial charge in [0.15, 0.2) is 0 Å². The number of ketones is 1. The van der Waals surface area contributed by atoms with Crippen LogP contribution in [0.2, 0.25) is 0 Å². The minimum absolute atomic E-state index is 0. The standard InChI is InChI=1S/C3H6O.C2H4O.Fe/c1-3(2)4;1-2-3;/h1-2H3;2H,1H3;. The molecule has 0 bridgehead atoms. The van der Waals surface area contributed by atoms with E-state index in [1.165, 1.54) is 20.8 Å². The molecular formula is C5H10FeO2. The quantitative estimate of drug-likeness (QED) is 0.386. The molecule has 0 aromatic heterocycles. The number of aldehydes is 1. The molecule has 0 spiro atoms. The minimum atomic E-state index is 0. The zero-order valence-corrected chi connectivity index (χ0v) is 6.35. The zero-order valence-electron chi connectivity index (χ0n) is 5.25. The van der Waals surface area contributed by atoms with Crippen LogP contribution in [0.4, 0.5) is 0 Å². The van der Waals surface area contributed by atoms with Gasteiger partial charge >= 0.3 is 0 Å². The number of carbonyl (C=O) groups excluding carboxylic acids is 2. The maximum Gasteiger partial charge on any atom is 0.126 e. The molecule has 2 nitrogen and oxygen atoms in total. The topological polar surface area (TPSA) is 34.1 Å². The zero-order chi connectivity index (χ0) is 6.28. The van der Waals surface area contributed by atoms with E-state index in [4.69, 9.17) is 4.79 Å². The van der Waals surface area contributed by atoms with Crippen molar-refractivity contribution in [2.75, 3.05) is 0 Å². The first-order chi connectivity index (χ1) is 3.15. The van der Waals surface area contributed by atoms with Crippen LogP contribution in [0, 0.1) is 0 Å². The summed E-state index contributed by atoms with van der Waals surface area (Å²) in [6.07, 6.45) is 0.750. The van der Waals surface area contributed by atoms with Gasteiger partial charge in [-0.15, -0.1) is 0 Å². The Kier molecular flexibility index (Phi) is 30.9. The summed E-state index contributed by atoms with van der Waals surface area (Å²) in [4.78, 5) is 18.2. The summed E-state index contributed by atoms with van der Waals surface area (Å²) in [5, 5.41) is 0. The van der Waals surface area contributed by atoms with Crippen molar-refractivity contribution in [3.8, 4) is 0 Å². The molecule has 0 radical (unpaired) electrons. The monoisotopic (exact) mass is 158 g/mol. The number of rotatable bonds is 0. The molecule has 0 saturated carbocycles. The number of hydrogen-bond donors (Lipinski definition) is 0. The van der Waals surface area contributed by atoms with Crippen molar-refractivity contribution in [1.82, 2.24) is 0 Å². The van der Waals surface area contributed by atoms with Gasteiger partial charge in [0, 0.05) is 17.1 Å². The number of Topliss-reactive ketones (excluding diaryl/α,β-unsaturated/α-hetero) is 1. The van der Waals surface area contributed by atoms with Gasteiger partial charge < -0.3 is 9.59 Å². The maximum absolute atomic E-state index is 9.44. The molecule has 0 saturated heterocycles. The third kappa shape index (κ3) is 7010. The third-order valence-corrected chi connectivity index (χ3v) is 0. The van der Waals surface area contributed by atoms with E-state index in [2.05, 4.69) is 0 Å². The molecule has 0 fully saturated rings. The van der Waals surface area contributed by atoms with Crippen LogP contribution >= 0.6 is 0 Å². The Labute approximate surface area is 60.1 Å². The summed E-state index contributed by atoms with van der Waals surface area (Å²) in [5.74, 6) is 0.167. The summed E-state index contributed by atoms with van der Waals surface area (Å²) in [6, 6.07) is 0. The third-order valence-electron chi connectivity index (χ3n) is 0. The van der Waals surface area contributed by atoms with Gasteiger partial charge in [0.1, 0.15) is 12.1 Å². The molecule has 0 atom stereocenters. The molecule has 50 valence electrons. The molecular weight excluding hydrogens is 148 g/mol. The second-order valence-corrected chi connectivity index (χ2v) is 1.14. The van der Waals surface area contributed by atoms with Gasteiger partial charge in [0.05, 0.1) is 0 Å². The molecule has 0 aromatic rings. The molecule has 0 aromatic carbocycles. The Hall–Kier alpha value is -0.141. The van der Waals surface area contributed by atoms with E-state index in [1.807, 2.05) is 0 Å². The van der Waals surface area contributed by atoms with E-state index in [-0.39, 0.29) is 22.9 Å². The maximum atomic E-state index is 9.44. The summed E-state index contributed by atoms with van der Waals surface area (Å²) >= 11 is 0. The molecule has 0 heterocycles. The molecule has 3 heteroatoms. The predicted molar refractivity (Wildman–Crippen MR) is 28.1 cm³/mol. The van der Waals surface area contributed by atoms with Gasteiger partial charge in [0.2, 0.25) is 0 Å². The molecule has 0 aliphatic carbocycles. The van der Waals surface area contributed by atoms with Crippen molar-refractivity contribution in [2.24, 2.45) is 0 Å². The van der Waals surface area contributed by atoms with Crippen LogP contribution in [0.1, 0.15) is 20.8 Å². The fourth-order valence-corrected chi connectivity index (χ4v) is 0. The van der Waals surface area contributed by atoms with Crippen molar-refractivity contribution in [3.05, 3.63) is 0 Å². The largest absolute Gasteiger partial charge is 0.304 e. The van der Waals surface area contributed by atoms with Gasteiger partial charge in [-0.3, -0.25) is 0 Å². The summed E-state index contributed by atoms with van der Waals surface area (Å²) < 4.78 is 0. The summed E-state index contributed by atoms with van der Waals surface area (Å²) in [5.41, 5.74) is 0. The van der Waals surface area contributed by atoms with E-state index < -0.39 is 0 Å². The van der Waals surface area contributed by atoms with Gasteiger partial charge in [-0.1, -0.05) is 0 Å². The Balaban J connectivity index is -0.0000000575. The van der Waals surface area contributed by atoms with Crippen LogP contribution < -0.4 is 0 Å². The molecule has 0 N–H and O–H groups in total. The minimum Gasteiger partial charge on any atom is -0.304 e. The van der Waals surface area contributed by atoms with E-state index in [1.54, 1.807) is 0 Å². The molecule has 0 aliphatic heterocycles. The van der Waals surface area contributed by atoms with Crippen LogP contribution in [0.5, 0.6) is 0 Å². The first-order valence-electron chi connectivity index (χ1n) is 2.02. The Morgan fingerprint density at radius 3 is 1.38 bits per heavy atom. The van der Waals surface area contributed by atoms with Crippen LogP contribution in [0.15, 0.2) is 0 Å². The molecule has 0 unspecified atom stereocenters. The molecule has 8 heavy (non-hydrogen) atoms. The summed E-state index contributed by atoms with van der Waals surface area (Å²) in [7, 11) is 0. The van der Waals surface area contributed by atoms with Crippen LogP contribution in [-0.4, -0.2) is 12.1 Å². The van der Waals surface area contributed by atoms with Crippen molar-refractivity contribution in [2.45, 2.75) is 20.8 Å². The van der Waals surface area contributed by atoms with Crippen molar-refractivity contribution in [3.63, 3.8) is 0 Å².